The van der Waals surface area contributed by atoms with Gasteiger partial charge in [0.05, 0.1) is 21.4 Å². The molecule has 4 nitrogen and oxygen atoms in total. The van der Waals surface area contributed by atoms with Gasteiger partial charge >= 0.3 is 0 Å². The van der Waals surface area contributed by atoms with Crippen LogP contribution < -0.4 is 5.32 Å². The highest BCUT2D eigenvalue weighted by Gasteiger charge is 2.19. The van der Waals surface area contributed by atoms with Crippen LogP contribution in [0.4, 0.5) is 5.69 Å². The first-order valence-corrected chi connectivity index (χ1v) is 7.98. The van der Waals surface area contributed by atoms with Gasteiger partial charge in [0.25, 0.3) is 5.91 Å². The molecule has 8 heteroatoms. The largest absolute Gasteiger partial charge is 0.318 e. The SMILES string of the molecule is Cc1nc2cc(Cl)ccn2c1C(=O)Nc1c(Cl)cc(Cl)cc1Cl. The van der Waals surface area contributed by atoms with Crippen molar-refractivity contribution in [1.29, 1.82) is 0 Å². The Balaban J connectivity index is 2.04. The fourth-order valence-electron chi connectivity index (χ4n) is 2.25. The molecule has 0 radical (unpaired) electrons. The minimum Gasteiger partial charge on any atom is -0.318 e. The first kappa shape index (κ1) is 16.4. The minimum absolute atomic E-state index is 0.255. The number of halogens is 4. The molecule has 0 unspecified atom stereocenters. The number of anilines is 1. The molecule has 0 spiro atoms. The van der Waals surface area contributed by atoms with Crippen molar-refractivity contribution >= 4 is 63.6 Å². The number of carbonyl (C=O) groups is 1. The second kappa shape index (κ2) is 6.21. The molecule has 118 valence electrons. The van der Waals surface area contributed by atoms with Gasteiger partial charge in [-0.05, 0) is 25.1 Å². The fourth-order valence-corrected chi connectivity index (χ4v) is 3.31. The van der Waals surface area contributed by atoms with Crippen molar-refractivity contribution in [3.05, 3.63) is 61.9 Å². The third kappa shape index (κ3) is 3.12. The summed E-state index contributed by atoms with van der Waals surface area (Å²) in [6.45, 7) is 1.74. The number of fused-ring (bicyclic) bond motifs is 1. The molecule has 1 amide bonds. The molecule has 3 rings (SSSR count). The van der Waals surface area contributed by atoms with E-state index in [1.54, 1.807) is 29.7 Å². The van der Waals surface area contributed by atoms with Crippen LogP contribution in [0.1, 0.15) is 16.2 Å². The van der Waals surface area contributed by atoms with Crippen LogP contribution in [0.2, 0.25) is 20.1 Å². The van der Waals surface area contributed by atoms with Crippen molar-refractivity contribution in [3.63, 3.8) is 0 Å². The lowest BCUT2D eigenvalue weighted by molar-refractivity contribution is 0.102. The molecule has 0 aliphatic carbocycles. The van der Waals surface area contributed by atoms with E-state index in [2.05, 4.69) is 10.3 Å². The number of benzene rings is 1. The molecule has 1 N–H and O–H groups in total. The zero-order valence-electron chi connectivity index (χ0n) is 11.7. The van der Waals surface area contributed by atoms with Gasteiger partial charge in [0, 0.05) is 22.3 Å². The van der Waals surface area contributed by atoms with Gasteiger partial charge in [-0.15, -0.1) is 0 Å². The normalized spacial score (nSPS) is 11.0. The van der Waals surface area contributed by atoms with Crippen molar-refractivity contribution in [2.75, 3.05) is 5.32 Å². The fraction of sp³-hybridized carbons (Fsp3) is 0.0667. The number of aryl methyl sites for hydroxylation is 1. The summed E-state index contributed by atoms with van der Waals surface area (Å²) in [5.41, 5.74) is 1.81. The van der Waals surface area contributed by atoms with Crippen LogP contribution in [0, 0.1) is 6.92 Å². The topological polar surface area (TPSA) is 46.4 Å². The Morgan fingerprint density at radius 3 is 2.39 bits per heavy atom. The van der Waals surface area contributed by atoms with E-state index >= 15 is 0 Å². The summed E-state index contributed by atoms with van der Waals surface area (Å²) in [5, 5.41) is 4.14. The summed E-state index contributed by atoms with van der Waals surface area (Å²) < 4.78 is 1.65. The monoisotopic (exact) mass is 387 g/mol. The number of nitrogens with one attached hydrogen (secondary N) is 1. The number of nitrogens with zero attached hydrogens (tertiary/aromatic N) is 2. The molecule has 0 atom stereocenters. The molecule has 1 aromatic carbocycles. The quantitative estimate of drug-likeness (QED) is 0.629. The van der Waals surface area contributed by atoms with Gasteiger partial charge in [0.1, 0.15) is 11.3 Å². The van der Waals surface area contributed by atoms with Crippen molar-refractivity contribution in [2.24, 2.45) is 0 Å². The minimum atomic E-state index is -0.386. The zero-order valence-corrected chi connectivity index (χ0v) is 14.7. The van der Waals surface area contributed by atoms with E-state index in [1.165, 1.54) is 12.1 Å². The maximum Gasteiger partial charge on any atom is 0.274 e. The number of pyridine rings is 1. The molecule has 0 saturated carbocycles. The van der Waals surface area contributed by atoms with E-state index < -0.39 is 0 Å². The summed E-state index contributed by atoms with van der Waals surface area (Å²) in [4.78, 5) is 17.0. The molecule has 0 fully saturated rings. The van der Waals surface area contributed by atoms with E-state index in [-0.39, 0.29) is 16.0 Å². The molecule has 3 aromatic rings. The second-order valence-electron chi connectivity index (χ2n) is 4.82. The first-order valence-electron chi connectivity index (χ1n) is 6.47. The Bertz CT molecular complexity index is 913. The standard InChI is InChI=1S/C15H9Cl4N3O/c1-7-14(22-3-2-8(16)6-12(22)20-7)15(23)21-13-10(18)4-9(17)5-11(13)19/h2-6H,1H3,(H,21,23). The third-order valence-electron chi connectivity index (χ3n) is 3.22. The number of aromatic nitrogens is 2. The number of rotatable bonds is 2. The lowest BCUT2D eigenvalue weighted by atomic mass is 10.2. The van der Waals surface area contributed by atoms with Crippen LogP contribution in [0.15, 0.2) is 30.5 Å². The van der Waals surface area contributed by atoms with Crippen molar-refractivity contribution in [3.8, 4) is 0 Å². The van der Waals surface area contributed by atoms with Crippen LogP contribution in [-0.2, 0) is 0 Å². The van der Waals surface area contributed by atoms with Gasteiger partial charge in [-0.25, -0.2) is 4.98 Å². The maximum absolute atomic E-state index is 12.6. The Labute approximate surface area is 151 Å². The van der Waals surface area contributed by atoms with Crippen LogP contribution in [0.3, 0.4) is 0 Å². The van der Waals surface area contributed by atoms with Gasteiger partial charge in [-0.2, -0.15) is 0 Å². The van der Waals surface area contributed by atoms with Gasteiger partial charge in [0.2, 0.25) is 0 Å². The van der Waals surface area contributed by atoms with Crippen LogP contribution in [0.5, 0.6) is 0 Å². The Morgan fingerprint density at radius 1 is 1.09 bits per heavy atom. The van der Waals surface area contributed by atoms with Crippen LogP contribution >= 0.6 is 46.4 Å². The van der Waals surface area contributed by atoms with E-state index in [9.17, 15) is 4.79 Å². The smallest absolute Gasteiger partial charge is 0.274 e. The number of hydrogen-bond donors (Lipinski definition) is 1. The first-order chi connectivity index (χ1) is 10.9. The molecule has 0 aliphatic heterocycles. The Hall–Kier alpha value is -1.46. The molecular formula is C15H9Cl4N3O. The average molecular weight is 389 g/mol. The molecule has 2 aromatic heterocycles. The van der Waals surface area contributed by atoms with E-state index in [1.807, 2.05) is 0 Å². The number of hydrogen-bond acceptors (Lipinski definition) is 2. The van der Waals surface area contributed by atoms with Crippen LogP contribution in [-0.4, -0.2) is 15.3 Å². The van der Waals surface area contributed by atoms with Crippen molar-refractivity contribution in [2.45, 2.75) is 6.92 Å². The van der Waals surface area contributed by atoms with Crippen LogP contribution in [0.25, 0.3) is 5.65 Å². The van der Waals surface area contributed by atoms with Crippen molar-refractivity contribution < 1.29 is 4.79 Å². The molecule has 23 heavy (non-hydrogen) atoms. The van der Waals surface area contributed by atoms with Gasteiger partial charge in [0.15, 0.2) is 0 Å². The predicted octanol–water partition coefficient (Wildman–Crippen LogP) is 5.51. The molecule has 2 heterocycles. The van der Waals surface area contributed by atoms with E-state index in [0.29, 0.717) is 32.8 Å². The van der Waals surface area contributed by atoms with Gasteiger partial charge in [-0.1, -0.05) is 46.4 Å². The third-order valence-corrected chi connectivity index (χ3v) is 4.27. The summed E-state index contributed by atoms with van der Waals surface area (Å²) in [6.07, 6.45) is 1.68. The molecular weight excluding hydrogens is 380 g/mol. The highest BCUT2D eigenvalue weighted by Crippen LogP contribution is 2.34. The Kier molecular flexibility index (Phi) is 4.43. The number of amides is 1. The summed E-state index contributed by atoms with van der Waals surface area (Å²) in [6, 6.07) is 6.36. The highest BCUT2D eigenvalue weighted by molar-refractivity contribution is 6.42. The number of carbonyl (C=O) groups excluding carboxylic acids is 1. The Morgan fingerprint density at radius 2 is 1.74 bits per heavy atom. The maximum atomic E-state index is 12.6. The lowest BCUT2D eigenvalue weighted by Gasteiger charge is -2.10. The predicted molar refractivity (Wildman–Crippen MR) is 94.4 cm³/mol. The van der Waals surface area contributed by atoms with E-state index in [0.717, 1.165) is 0 Å². The summed E-state index contributed by atoms with van der Waals surface area (Å²) >= 11 is 24.0. The molecule has 0 bridgehead atoms. The lowest BCUT2D eigenvalue weighted by Crippen LogP contribution is -2.16. The molecule has 0 saturated heterocycles. The second-order valence-corrected chi connectivity index (χ2v) is 6.50. The van der Waals surface area contributed by atoms with Crippen molar-refractivity contribution in [1.82, 2.24) is 9.38 Å². The van der Waals surface area contributed by atoms with Gasteiger partial charge in [-0.3, -0.25) is 9.20 Å². The zero-order chi connectivity index (χ0) is 16.7. The molecule has 0 aliphatic rings. The van der Waals surface area contributed by atoms with Gasteiger partial charge < -0.3 is 5.32 Å². The highest BCUT2D eigenvalue weighted by atomic mass is 35.5. The number of imidazole rings is 1. The summed E-state index contributed by atoms with van der Waals surface area (Å²) in [7, 11) is 0. The van der Waals surface area contributed by atoms with E-state index in [4.69, 9.17) is 46.4 Å². The summed E-state index contributed by atoms with van der Waals surface area (Å²) in [5.74, 6) is -0.386. The average Bonchev–Trinajstić information content (AvgIpc) is 2.77.